The minimum absolute atomic E-state index is 0.0551. The topological polar surface area (TPSA) is 36.4 Å². The van der Waals surface area contributed by atoms with Crippen LogP contribution in [0.15, 0.2) is 90.3 Å². The number of carbonyl (C=O) groups excluding carboxylic acids is 1. The highest BCUT2D eigenvalue weighted by Gasteiger charge is 2.20. The maximum absolute atomic E-state index is 13.1. The molecule has 1 aromatic heterocycles. The lowest BCUT2D eigenvalue weighted by molar-refractivity contribution is 0.0750. The maximum Gasteiger partial charge on any atom is 0.273 e. The van der Waals surface area contributed by atoms with E-state index in [2.05, 4.69) is 111 Å². The van der Waals surface area contributed by atoms with Gasteiger partial charge < -0.3 is 4.90 Å². The third-order valence-electron chi connectivity index (χ3n) is 7.07. The molecule has 0 aliphatic rings. The van der Waals surface area contributed by atoms with E-state index in [4.69, 9.17) is 4.98 Å². The standard InChI is InChI=1S/C34H41N3OS/c1-4-21-37(22-5-2)34(38)32-26-39-33(35-32)25-36(24-28-18-16-27(3)17-19-28)23-20-31(29-12-8-6-9-13-29)30-14-10-7-11-15-30/h6-19,26,31H,4-5,20-25H2,1-3H3. The molecule has 0 atom stereocenters. The normalized spacial score (nSPS) is 11.3. The zero-order valence-electron chi connectivity index (χ0n) is 23.6. The van der Waals surface area contributed by atoms with Crippen LogP contribution >= 0.6 is 11.3 Å². The Morgan fingerprint density at radius 3 is 1.95 bits per heavy atom. The molecule has 0 unspecified atom stereocenters. The predicted molar refractivity (Wildman–Crippen MR) is 163 cm³/mol. The molecule has 5 heteroatoms. The van der Waals surface area contributed by atoms with Crippen LogP contribution in [-0.2, 0) is 13.1 Å². The van der Waals surface area contributed by atoms with Crippen LogP contribution in [0.1, 0.15) is 76.8 Å². The second-order valence-corrected chi connectivity index (χ2v) is 11.2. The molecule has 204 valence electrons. The minimum atomic E-state index is 0.0551. The summed E-state index contributed by atoms with van der Waals surface area (Å²) in [5.74, 6) is 0.373. The number of thiazole rings is 1. The van der Waals surface area contributed by atoms with Crippen molar-refractivity contribution in [2.45, 2.75) is 59.0 Å². The van der Waals surface area contributed by atoms with Crippen LogP contribution in [0.2, 0.25) is 0 Å². The first-order valence-corrected chi connectivity index (χ1v) is 15.1. The zero-order chi connectivity index (χ0) is 27.5. The summed E-state index contributed by atoms with van der Waals surface area (Å²) in [7, 11) is 0. The molecule has 3 aromatic carbocycles. The zero-order valence-corrected chi connectivity index (χ0v) is 24.4. The number of nitrogens with zero attached hydrogens (tertiary/aromatic N) is 3. The van der Waals surface area contributed by atoms with E-state index >= 15 is 0 Å². The molecule has 0 bridgehead atoms. The van der Waals surface area contributed by atoms with Crippen molar-refractivity contribution in [3.63, 3.8) is 0 Å². The number of aromatic nitrogens is 1. The first kappa shape index (κ1) is 28.7. The van der Waals surface area contributed by atoms with Gasteiger partial charge in [0, 0.05) is 30.9 Å². The molecule has 0 spiro atoms. The van der Waals surface area contributed by atoms with Gasteiger partial charge in [-0.15, -0.1) is 11.3 Å². The molecule has 0 N–H and O–H groups in total. The van der Waals surface area contributed by atoms with Crippen LogP contribution in [0.25, 0.3) is 0 Å². The quantitative estimate of drug-likeness (QED) is 0.163. The lowest BCUT2D eigenvalue weighted by atomic mass is 9.88. The van der Waals surface area contributed by atoms with Gasteiger partial charge in [-0.25, -0.2) is 4.98 Å². The van der Waals surface area contributed by atoms with Crippen LogP contribution in [0, 0.1) is 6.92 Å². The largest absolute Gasteiger partial charge is 0.337 e. The van der Waals surface area contributed by atoms with Crippen molar-refractivity contribution < 1.29 is 4.79 Å². The van der Waals surface area contributed by atoms with E-state index in [1.54, 1.807) is 11.3 Å². The van der Waals surface area contributed by atoms with Crippen LogP contribution in [0.4, 0.5) is 0 Å². The number of aryl methyl sites for hydroxylation is 1. The van der Waals surface area contributed by atoms with Crippen LogP contribution in [0.3, 0.4) is 0 Å². The highest BCUT2D eigenvalue weighted by molar-refractivity contribution is 7.09. The molecule has 0 saturated carbocycles. The highest BCUT2D eigenvalue weighted by atomic mass is 32.1. The summed E-state index contributed by atoms with van der Waals surface area (Å²) < 4.78 is 0. The molecule has 1 heterocycles. The summed E-state index contributed by atoms with van der Waals surface area (Å²) in [5, 5.41) is 2.94. The summed E-state index contributed by atoms with van der Waals surface area (Å²) in [5.41, 5.74) is 5.83. The average molecular weight is 540 g/mol. The van der Waals surface area contributed by atoms with E-state index in [9.17, 15) is 4.79 Å². The van der Waals surface area contributed by atoms with Gasteiger partial charge in [-0.1, -0.05) is 104 Å². The average Bonchev–Trinajstić information content (AvgIpc) is 3.43. The number of amides is 1. The molecule has 4 rings (SSSR count). The van der Waals surface area contributed by atoms with E-state index in [1.807, 2.05) is 10.3 Å². The van der Waals surface area contributed by atoms with Crippen molar-refractivity contribution in [2.75, 3.05) is 19.6 Å². The fourth-order valence-corrected chi connectivity index (χ4v) is 5.87. The van der Waals surface area contributed by atoms with Crippen LogP contribution < -0.4 is 0 Å². The summed E-state index contributed by atoms with van der Waals surface area (Å²) >= 11 is 1.60. The molecule has 4 aromatic rings. The Morgan fingerprint density at radius 2 is 1.38 bits per heavy atom. The van der Waals surface area contributed by atoms with E-state index < -0.39 is 0 Å². The molecule has 0 saturated heterocycles. The van der Waals surface area contributed by atoms with Gasteiger partial charge in [-0.05, 0) is 49.4 Å². The molecular formula is C34H41N3OS. The summed E-state index contributed by atoms with van der Waals surface area (Å²) in [6.45, 7) is 10.4. The van der Waals surface area contributed by atoms with Crippen molar-refractivity contribution in [1.82, 2.24) is 14.8 Å². The SMILES string of the molecule is CCCN(CCC)C(=O)c1csc(CN(CCC(c2ccccc2)c2ccccc2)Cc2ccc(C)cc2)n1. The molecule has 39 heavy (non-hydrogen) atoms. The van der Waals surface area contributed by atoms with Crippen molar-refractivity contribution in [3.05, 3.63) is 123 Å². The fraction of sp³-hybridized carbons (Fsp3) is 0.353. The fourth-order valence-electron chi connectivity index (χ4n) is 5.06. The third-order valence-corrected chi connectivity index (χ3v) is 7.90. The molecular weight excluding hydrogens is 498 g/mol. The number of hydrogen-bond donors (Lipinski definition) is 0. The number of benzene rings is 3. The maximum atomic E-state index is 13.1. The molecule has 0 aliphatic heterocycles. The van der Waals surface area contributed by atoms with Crippen LogP contribution in [-0.4, -0.2) is 40.3 Å². The van der Waals surface area contributed by atoms with Crippen molar-refractivity contribution in [2.24, 2.45) is 0 Å². The molecule has 0 radical (unpaired) electrons. The minimum Gasteiger partial charge on any atom is -0.337 e. The van der Waals surface area contributed by atoms with E-state index in [0.29, 0.717) is 11.6 Å². The highest BCUT2D eigenvalue weighted by Crippen LogP contribution is 2.29. The predicted octanol–water partition coefficient (Wildman–Crippen LogP) is 7.94. The van der Waals surface area contributed by atoms with Gasteiger partial charge in [-0.3, -0.25) is 9.69 Å². The Kier molecular flexibility index (Phi) is 10.9. The summed E-state index contributed by atoms with van der Waals surface area (Å²) in [4.78, 5) is 22.4. The van der Waals surface area contributed by atoms with E-state index in [0.717, 1.165) is 57.0 Å². The smallest absolute Gasteiger partial charge is 0.273 e. The first-order valence-electron chi connectivity index (χ1n) is 14.2. The Hall–Kier alpha value is -3.28. The Morgan fingerprint density at radius 1 is 0.795 bits per heavy atom. The Labute approximate surface area is 238 Å². The first-order chi connectivity index (χ1) is 19.1. The van der Waals surface area contributed by atoms with Gasteiger partial charge in [0.2, 0.25) is 0 Å². The van der Waals surface area contributed by atoms with Gasteiger partial charge in [0.15, 0.2) is 0 Å². The third kappa shape index (κ3) is 8.35. The van der Waals surface area contributed by atoms with Crippen molar-refractivity contribution in [1.29, 1.82) is 0 Å². The lowest BCUT2D eigenvalue weighted by Crippen LogP contribution is -2.32. The van der Waals surface area contributed by atoms with Gasteiger partial charge >= 0.3 is 0 Å². The Balaban J connectivity index is 1.53. The van der Waals surface area contributed by atoms with Crippen LogP contribution in [0.5, 0.6) is 0 Å². The Bertz CT molecular complexity index is 1230. The lowest BCUT2D eigenvalue weighted by Gasteiger charge is -2.25. The number of rotatable bonds is 14. The van der Waals surface area contributed by atoms with Gasteiger partial charge in [0.05, 0.1) is 6.54 Å². The van der Waals surface area contributed by atoms with Gasteiger partial charge in [0.25, 0.3) is 5.91 Å². The van der Waals surface area contributed by atoms with Crippen molar-refractivity contribution in [3.8, 4) is 0 Å². The van der Waals surface area contributed by atoms with Gasteiger partial charge in [-0.2, -0.15) is 0 Å². The summed E-state index contributed by atoms with van der Waals surface area (Å²) in [6.07, 6.45) is 2.91. The summed E-state index contributed by atoms with van der Waals surface area (Å²) in [6, 6.07) is 30.4. The second-order valence-electron chi connectivity index (χ2n) is 10.3. The molecule has 4 nitrogen and oxygen atoms in total. The van der Waals surface area contributed by atoms with E-state index in [-0.39, 0.29) is 5.91 Å². The number of carbonyl (C=O) groups is 1. The number of hydrogen-bond acceptors (Lipinski definition) is 4. The monoisotopic (exact) mass is 539 g/mol. The van der Waals surface area contributed by atoms with Crippen molar-refractivity contribution >= 4 is 17.2 Å². The second kappa shape index (κ2) is 14.8. The van der Waals surface area contributed by atoms with Gasteiger partial charge in [0.1, 0.15) is 10.7 Å². The molecule has 0 fully saturated rings. The molecule has 1 amide bonds. The van der Waals surface area contributed by atoms with E-state index in [1.165, 1.54) is 22.3 Å². The molecule has 0 aliphatic carbocycles.